The van der Waals surface area contributed by atoms with Crippen LogP contribution in [0.15, 0.2) is 34.9 Å². The van der Waals surface area contributed by atoms with Gasteiger partial charge < -0.3 is 9.84 Å². The minimum absolute atomic E-state index is 0.139. The van der Waals surface area contributed by atoms with Gasteiger partial charge in [-0.1, -0.05) is 28.9 Å². The Morgan fingerprint density at radius 3 is 2.96 bits per heavy atom. The third-order valence-corrected chi connectivity index (χ3v) is 3.62. The molecule has 0 bridgehead atoms. The van der Waals surface area contributed by atoms with Crippen LogP contribution in [0.5, 0.6) is 0 Å². The largest absolute Gasteiger partial charge is 0.342 e. The summed E-state index contributed by atoms with van der Waals surface area (Å²) in [6.07, 6.45) is 0. The lowest BCUT2D eigenvalue weighted by atomic mass is 10.2. The van der Waals surface area contributed by atoms with Crippen molar-refractivity contribution in [2.75, 3.05) is 0 Å². The van der Waals surface area contributed by atoms with E-state index in [-0.39, 0.29) is 12.5 Å². The van der Waals surface area contributed by atoms with Gasteiger partial charge in [-0.05, 0) is 32.0 Å². The van der Waals surface area contributed by atoms with Crippen molar-refractivity contribution in [2.24, 2.45) is 0 Å². The molecule has 0 aliphatic carbocycles. The number of aryl methyl sites for hydroxylation is 2. The number of halogens is 1. The summed E-state index contributed by atoms with van der Waals surface area (Å²) in [4.78, 5) is 16.5. The smallest absolute Gasteiger partial charge is 0.269 e. The molecular formula is C16H16ClN5O2. The Kier molecular flexibility index (Phi) is 4.61. The summed E-state index contributed by atoms with van der Waals surface area (Å²) in [5.41, 5.74) is 2.05. The van der Waals surface area contributed by atoms with Gasteiger partial charge >= 0.3 is 0 Å². The lowest BCUT2D eigenvalue weighted by Gasteiger charge is -2.04. The molecule has 0 aliphatic heterocycles. The first-order valence-corrected chi connectivity index (χ1v) is 7.85. The van der Waals surface area contributed by atoms with E-state index in [2.05, 4.69) is 20.6 Å². The normalized spacial score (nSPS) is 10.8. The molecule has 0 radical (unpaired) electrons. The van der Waals surface area contributed by atoms with E-state index in [1.807, 2.05) is 26.0 Å². The van der Waals surface area contributed by atoms with Gasteiger partial charge in [0, 0.05) is 17.1 Å². The second-order valence-corrected chi connectivity index (χ2v) is 5.63. The highest BCUT2D eigenvalue weighted by molar-refractivity contribution is 6.30. The first-order valence-electron chi connectivity index (χ1n) is 7.48. The monoisotopic (exact) mass is 345 g/mol. The lowest BCUT2D eigenvalue weighted by molar-refractivity contribution is 0.0935. The number of hydrogen-bond acceptors (Lipinski definition) is 5. The summed E-state index contributed by atoms with van der Waals surface area (Å²) in [6, 6.07) is 8.90. The number of rotatable bonds is 5. The number of hydrogen-bond donors (Lipinski definition) is 1. The number of nitrogens with one attached hydrogen (secondary N) is 1. The van der Waals surface area contributed by atoms with Crippen LogP contribution in [0.1, 0.15) is 29.0 Å². The predicted molar refractivity (Wildman–Crippen MR) is 88.6 cm³/mol. The maximum absolute atomic E-state index is 12.3. The molecule has 0 atom stereocenters. The SMILES string of the molecule is CCn1nc(C)cc1C(=O)NCc1nc(-c2cccc(Cl)c2)no1. The fourth-order valence-corrected chi connectivity index (χ4v) is 2.48. The van der Waals surface area contributed by atoms with Gasteiger partial charge in [0.05, 0.1) is 12.2 Å². The molecule has 1 N–H and O–H groups in total. The number of benzene rings is 1. The maximum atomic E-state index is 12.3. The topological polar surface area (TPSA) is 85.8 Å². The van der Waals surface area contributed by atoms with Crippen molar-refractivity contribution in [1.29, 1.82) is 0 Å². The second-order valence-electron chi connectivity index (χ2n) is 5.19. The van der Waals surface area contributed by atoms with Gasteiger partial charge in [0.2, 0.25) is 11.7 Å². The van der Waals surface area contributed by atoms with Crippen LogP contribution < -0.4 is 5.32 Å². The molecule has 0 spiro atoms. The van der Waals surface area contributed by atoms with E-state index in [0.717, 1.165) is 11.3 Å². The molecule has 1 amide bonds. The average molecular weight is 346 g/mol. The first-order chi connectivity index (χ1) is 11.6. The second kappa shape index (κ2) is 6.84. The molecule has 0 unspecified atom stereocenters. The van der Waals surface area contributed by atoms with Crippen molar-refractivity contribution >= 4 is 17.5 Å². The Balaban J connectivity index is 1.68. The number of amides is 1. The average Bonchev–Trinajstić information content (AvgIpc) is 3.19. The molecule has 1 aromatic carbocycles. The Bertz CT molecular complexity index is 871. The van der Waals surface area contributed by atoms with E-state index < -0.39 is 0 Å². The quantitative estimate of drug-likeness (QED) is 0.768. The van der Waals surface area contributed by atoms with Gasteiger partial charge in [-0.3, -0.25) is 9.48 Å². The van der Waals surface area contributed by atoms with Crippen LogP contribution in [0.25, 0.3) is 11.4 Å². The minimum atomic E-state index is -0.236. The molecule has 0 saturated heterocycles. The van der Waals surface area contributed by atoms with Crippen LogP contribution in [-0.4, -0.2) is 25.8 Å². The zero-order chi connectivity index (χ0) is 17.1. The van der Waals surface area contributed by atoms with Crippen molar-refractivity contribution in [1.82, 2.24) is 25.2 Å². The van der Waals surface area contributed by atoms with Crippen LogP contribution in [0, 0.1) is 6.92 Å². The molecule has 8 heteroatoms. The zero-order valence-electron chi connectivity index (χ0n) is 13.3. The minimum Gasteiger partial charge on any atom is -0.342 e. The summed E-state index contributed by atoms with van der Waals surface area (Å²) in [5.74, 6) is 0.508. The fraction of sp³-hybridized carbons (Fsp3) is 0.250. The van der Waals surface area contributed by atoms with Crippen LogP contribution in [0.2, 0.25) is 5.02 Å². The lowest BCUT2D eigenvalue weighted by Crippen LogP contribution is -2.25. The highest BCUT2D eigenvalue weighted by Crippen LogP contribution is 2.19. The third kappa shape index (κ3) is 3.46. The van der Waals surface area contributed by atoms with Crippen molar-refractivity contribution in [2.45, 2.75) is 26.9 Å². The summed E-state index contributed by atoms with van der Waals surface area (Å²) < 4.78 is 6.81. The molecule has 0 fully saturated rings. The van der Waals surface area contributed by atoms with Crippen LogP contribution >= 0.6 is 11.6 Å². The fourth-order valence-electron chi connectivity index (χ4n) is 2.29. The van der Waals surface area contributed by atoms with Gasteiger partial charge in [-0.25, -0.2) is 0 Å². The Hall–Kier alpha value is -2.67. The summed E-state index contributed by atoms with van der Waals surface area (Å²) in [7, 11) is 0. The van der Waals surface area contributed by atoms with Gasteiger partial charge in [0.25, 0.3) is 5.91 Å². The molecular weight excluding hydrogens is 330 g/mol. The van der Waals surface area contributed by atoms with Gasteiger partial charge in [-0.2, -0.15) is 10.1 Å². The van der Waals surface area contributed by atoms with Crippen LogP contribution in [-0.2, 0) is 13.1 Å². The summed E-state index contributed by atoms with van der Waals surface area (Å²) in [6.45, 7) is 4.53. The van der Waals surface area contributed by atoms with Crippen molar-refractivity contribution in [3.8, 4) is 11.4 Å². The maximum Gasteiger partial charge on any atom is 0.269 e. The Labute approximate surface area is 143 Å². The van der Waals surface area contributed by atoms with Gasteiger partial charge in [0.1, 0.15) is 5.69 Å². The number of nitrogens with zero attached hydrogens (tertiary/aromatic N) is 4. The summed E-state index contributed by atoms with van der Waals surface area (Å²) >= 11 is 5.95. The van der Waals surface area contributed by atoms with E-state index in [4.69, 9.17) is 16.1 Å². The van der Waals surface area contributed by atoms with Gasteiger partial charge in [-0.15, -0.1) is 0 Å². The van der Waals surface area contributed by atoms with E-state index in [1.165, 1.54) is 0 Å². The van der Waals surface area contributed by atoms with E-state index in [0.29, 0.717) is 29.0 Å². The molecule has 0 aliphatic rings. The highest BCUT2D eigenvalue weighted by atomic mass is 35.5. The summed E-state index contributed by atoms with van der Waals surface area (Å²) in [5, 5.41) is 11.5. The Morgan fingerprint density at radius 1 is 1.38 bits per heavy atom. The molecule has 7 nitrogen and oxygen atoms in total. The number of carbonyl (C=O) groups excluding carboxylic acids is 1. The molecule has 24 heavy (non-hydrogen) atoms. The Morgan fingerprint density at radius 2 is 2.21 bits per heavy atom. The van der Waals surface area contributed by atoms with E-state index in [1.54, 1.807) is 22.9 Å². The molecule has 124 valence electrons. The third-order valence-electron chi connectivity index (χ3n) is 3.39. The molecule has 2 aromatic heterocycles. The highest BCUT2D eigenvalue weighted by Gasteiger charge is 2.15. The van der Waals surface area contributed by atoms with Crippen molar-refractivity contribution in [3.63, 3.8) is 0 Å². The number of aromatic nitrogens is 4. The van der Waals surface area contributed by atoms with E-state index in [9.17, 15) is 4.79 Å². The van der Waals surface area contributed by atoms with Gasteiger partial charge in [0.15, 0.2) is 0 Å². The molecule has 3 rings (SSSR count). The van der Waals surface area contributed by atoms with Crippen LogP contribution in [0.4, 0.5) is 0 Å². The van der Waals surface area contributed by atoms with E-state index >= 15 is 0 Å². The standard InChI is InChI=1S/C16H16ClN5O2/c1-3-22-13(7-10(2)20-22)16(23)18-9-14-19-15(21-24-14)11-5-4-6-12(17)8-11/h4-8H,3,9H2,1-2H3,(H,18,23). The first kappa shape index (κ1) is 16.2. The van der Waals surface area contributed by atoms with Crippen molar-refractivity contribution in [3.05, 3.63) is 52.6 Å². The van der Waals surface area contributed by atoms with Crippen molar-refractivity contribution < 1.29 is 9.32 Å². The molecule has 3 aromatic rings. The van der Waals surface area contributed by atoms with Crippen LogP contribution in [0.3, 0.4) is 0 Å². The number of carbonyl (C=O) groups is 1. The predicted octanol–water partition coefficient (Wildman–Crippen LogP) is 2.84. The molecule has 2 heterocycles. The molecule has 0 saturated carbocycles. The zero-order valence-corrected chi connectivity index (χ0v) is 14.0.